The lowest BCUT2D eigenvalue weighted by Gasteiger charge is -2.27. The van der Waals surface area contributed by atoms with Crippen molar-refractivity contribution in [3.63, 3.8) is 0 Å². The third kappa shape index (κ3) is 1.93. The minimum atomic E-state index is -0.0101. The zero-order valence-corrected chi connectivity index (χ0v) is 10.6. The Labute approximate surface area is 107 Å². The lowest BCUT2D eigenvalue weighted by Crippen LogP contribution is -2.30. The minimum Gasteiger partial charge on any atom is -0.493 e. The quantitative estimate of drug-likeness (QED) is 0.804. The summed E-state index contributed by atoms with van der Waals surface area (Å²) in [6.45, 7) is 3.35. The molecule has 2 aliphatic heterocycles. The number of para-hydroxylation sites is 1. The number of Topliss-reactive ketones (excluding diaryl/α,β-unsaturated/α-hetero) is 1. The van der Waals surface area contributed by atoms with Crippen LogP contribution in [-0.2, 0) is 9.53 Å². The van der Waals surface area contributed by atoms with E-state index in [2.05, 4.69) is 0 Å². The van der Waals surface area contributed by atoms with Gasteiger partial charge in [-0.1, -0.05) is 18.2 Å². The molecule has 1 aromatic rings. The minimum absolute atomic E-state index is 0.0101. The summed E-state index contributed by atoms with van der Waals surface area (Å²) in [5.74, 6) is 1.25. The van der Waals surface area contributed by atoms with Crippen LogP contribution in [0.25, 0.3) is 0 Å². The van der Waals surface area contributed by atoms with Gasteiger partial charge in [0.25, 0.3) is 0 Å². The second-order valence-electron chi connectivity index (χ2n) is 5.10. The molecule has 2 heterocycles. The molecule has 3 heteroatoms. The molecule has 1 saturated heterocycles. The molecule has 0 saturated carbocycles. The van der Waals surface area contributed by atoms with E-state index < -0.39 is 0 Å². The van der Waals surface area contributed by atoms with Gasteiger partial charge in [-0.25, -0.2) is 0 Å². The number of ether oxygens (including phenoxy) is 2. The van der Waals surface area contributed by atoms with Gasteiger partial charge in [-0.15, -0.1) is 0 Å². The highest BCUT2D eigenvalue weighted by Crippen LogP contribution is 2.37. The first-order valence-corrected chi connectivity index (χ1v) is 6.64. The highest BCUT2D eigenvalue weighted by atomic mass is 16.5. The van der Waals surface area contributed by atoms with Crippen molar-refractivity contribution in [2.45, 2.75) is 31.8 Å². The average Bonchev–Trinajstić information content (AvgIpc) is 2.83. The van der Waals surface area contributed by atoms with E-state index in [4.69, 9.17) is 9.47 Å². The summed E-state index contributed by atoms with van der Waals surface area (Å²) in [5.41, 5.74) is 1.05. The van der Waals surface area contributed by atoms with Gasteiger partial charge >= 0.3 is 0 Å². The summed E-state index contributed by atoms with van der Waals surface area (Å²) in [6.07, 6.45) is 1.71. The number of hydrogen-bond acceptors (Lipinski definition) is 3. The monoisotopic (exact) mass is 246 g/mol. The molecule has 3 unspecified atom stereocenters. The molecule has 1 fully saturated rings. The number of ketones is 1. The fourth-order valence-electron chi connectivity index (χ4n) is 3.00. The maximum absolute atomic E-state index is 12.6. The standard InChI is InChI=1S/C15H18O3/c1-10-11(6-8-17-10)15(16)13-7-9-18-14-5-3-2-4-12(13)14/h2-5,10-11,13H,6-9H2,1H3. The van der Waals surface area contributed by atoms with Crippen molar-refractivity contribution in [2.24, 2.45) is 5.92 Å². The topological polar surface area (TPSA) is 35.5 Å². The van der Waals surface area contributed by atoms with Crippen molar-refractivity contribution in [1.29, 1.82) is 0 Å². The van der Waals surface area contributed by atoms with Crippen molar-refractivity contribution in [1.82, 2.24) is 0 Å². The number of benzene rings is 1. The van der Waals surface area contributed by atoms with E-state index in [1.807, 2.05) is 31.2 Å². The molecule has 1 aromatic carbocycles. The van der Waals surface area contributed by atoms with Crippen LogP contribution >= 0.6 is 0 Å². The second-order valence-corrected chi connectivity index (χ2v) is 5.10. The maximum Gasteiger partial charge on any atom is 0.146 e. The van der Waals surface area contributed by atoms with Crippen LogP contribution in [0, 0.1) is 5.92 Å². The summed E-state index contributed by atoms with van der Waals surface area (Å²) >= 11 is 0. The highest BCUT2D eigenvalue weighted by molar-refractivity contribution is 5.89. The van der Waals surface area contributed by atoms with Gasteiger partial charge in [0.2, 0.25) is 0 Å². The van der Waals surface area contributed by atoms with Gasteiger partial charge in [-0.05, 0) is 25.8 Å². The normalized spacial score (nSPS) is 30.6. The number of rotatable bonds is 2. The first-order valence-electron chi connectivity index (χ1n) is 6.64. The van der Waals surface area contributed by atoms with Gasteiger partial charge < -0.3 is 9.47 Å². The van der Waals surface area contributed by atoms with Crippen LogP contribution in [0.4, 0.5) is 0 Å². The Balaban J connectivity index is 1.87. The third-order valence-electron chi connectivity index (χ3n) is 4.04. The van der Waals surface area contributed by atoms with Crippen LogP contribution in [0.1, 0.15) is 31.2 Å². The van der Waals surface area contributed by atoms with Crippen LogP contribution in [0.5, 0.6) is 5.75 Å². The molecule has 96 valence electrons. The van der Waals surface area contributed by atoms with Gasteiger partial charge in [0, 0.05) is 24.0 Å². The molecule has 0 bridgehead atoms. The number of hydrogen-bond donors (Lipinski definition) is 0. The summed E-state index contributed by atoms with van der Waals surface area (Å²) in [5, 5.41) is 0. The number of carbonyl (C=O) groups excluding carboxylic acids is 1. The average molecular weight is 246 g/mol. The first-order chi connectivity index (χ1) is 8.77. The smallest absolute Gasteiger partial charge is 0.146 e. The lowest BCUT2D eigenvalue weighted by atomic mass is 9.81. The van der Waals surface area contributed by atoms with Crippen LogP contribution in [0.15, 0.2) is 24.3 Å². The Hall–Kier alpha value is -1.35. The van der Waals surface area contributed by atoms with E-state index in [-0.39, 0.29) is 17.9 Å². The first kappa shape index (κ1) is 11.7. The predicted molar refractivity (Wildman–Crippen MR) is 67.8 cm³/mol. The van der Waals surface area contributed by atoms with E-state index in [0.29, 0.717) is 19.0 Å². The maximum atomic E-state index is 12.6. The van der Waals surface area contributed by atoms with Gasteiger partial charge in [0.1, 0.15) is 11.5 Å². The van der Waals surface area contributed by atoms with E-state index >= 15 is 0 Å². The van der Waals surface area contributed by atoms with Crippen LogP contribution in [-0.4, -0.2) is 25.1 Å². The summed E-state index contributed by atoms with van der Waals surface area (Å²) < 4.78 is 11.1. The second kappa shape index (κ2) is 4.73. The molecule has 0 amide bonds. The molecule has 0 aromatic heterocycles. The van der Waals surface area contributed by atoms with Crippen molar-refractivity contribution >= 4 is 5.78 Å². The molecule has 18 heavy (non-hydrogen) atoms. The Kier molecular flexibility index (Phi) is 3.08. The van der Waals surface area contributed by atoms with Crippen LogP contribution < -0.4 is 4.74 Å². The van der Waals surface area contributed by atoms with Gasteiger partial charge in [0.15, 0.2) is 0 Å². The molecule has 0 N–H and O–H groups in total. The third-order valence-corrected chi connectivity index (χ3v) is 4.04. The Morgan fingerprint density at radius 1 is 1.22 bits per heavy atom. The molecular formula is C15H18O3. The molecule has 3 rings (SSSR count). The molecule has 3 atom stereocenters. The largest absolute Gasteiger partial charge is 0.493 e. The van der Waals surface area contributed by atoms with Crippen molar-refractivity contribution in [3.05, 3.63) is 29.8 Å². The van der Waals surface area contributed by atoms with Crippen LogP contribution in [0.2, 0.25) is 0 Å². The molecule has 0 radical (unpaired) electrons. The van der Waals surface area contributed by atoms with Crippen LogP contribution in [0.3, 0.4) is 0 Å². The van der Waals surface area contributed by atoms with E-state index in [0.717, 1.165) is 24.2 Å². The van der Waals surface area contributed by atoms with Crippen molar-refractivity contribution in [3.8, 4) is 5.75 Å². The fourth-order valence-corrected chi connectivity index (χ4v) is 3.00. The fraction of sp³-hybridized carbons (Fsp3) is 0.533. The lowest BCUT2D eigenvalue weighted by molar-refractivity contribution is -0.126. The number of carbonyl (C=O) groups is 1. The summed E-state index contributed by atoms with van der Waals surface area (Å²) in [7, 11) is 0. The van der Waals surface area contributed by atoms with Crippen molar-refractivity contribution < 1.29 is 14.3 Å². The predicted octanol–water partition coefficient (Wildman–Crippen LogP) is 2.55. The van der Waals surface area contributed by atoms with E-state index in [1.165, 1.54) is 0 Å². The molecular weight excluding hydrogens is 228 g/mol. The highest BCUT2D eigenvalue weighted by Gasteiger charge is 2.37. The van der Waals surface area contributed by atoms with Gasteiger partial charge in [-0.3, -0.25) is 4.79 Å². The van der Waals surface area contributed by atoms with E-state index in [1.54, 1.807) is 0 Å². The zero-order chi connectivity index (χ0) is 12.5. The van der Waals surface area contributed by atoms with Gasteiger partial charge in [-0.2, -0.15) is 0 Å². The Morgan fingerprint density at radius 2 is 2.06 bits per heavy atom. The zero-order valence-electron chi connectivity index (χ0n) is 10.6. The molecule has 0 aliphatic carbocycles. The van der Waals surface area contributed by atoms with Gasteiger partial charge in [0.05, 0.1) is 12.7 Å². The molecule has 0 spiro atoms. The molecule has 3 nitrogen and oxygen atoms in total. The summed E-state index contributed by atoms with van der Waals surface area (Å²) in [4.78, 5) is 12.6. The van der Waals surface area contributed by atoms with Crippen molar-refractivity contribution in [2.75, 3.05) is 13.2 Å². The number of fused-ring (bicyclic) bond motifs is 1. The Morgan fingerprint density at radius 3 is 2.83 bits per heavy atom. The van der Waals surface area contributed by atoms with E-state index in [9.17, 15) is 4.79 Å². The Bertz CT molecular complexity index is 455. The summed E-state index contributed by atoms with van der Waals surface area (Å²) in [6, 6.07) is 7.89. The SMILES string of the molecule is CC1OCCC1C(=O)C1CCOc2ccccc21. The molecule has 2 aliphatic rings.